The number of Topliss-reactive ketones (excluding diaryl/α,β-unsaturated/α-hetero) is 3. The molecule has 2 rings (SSSR count). The molecule has 0 aromatic heterocycles. The maximum Gasteiger partial charge on any atom is 0.208 e. The molecule has 1 aliphatic heterocycles. The molecule has 24 heavy (non-hydrogen) atoms. The van der Waals surface area contributed by atoms with Crippen LogP contribution in [-0.2, 0) is 19.1 Å². The molecule has 0 radical (unpaired) electrons. The minimum absolute atomic E-state index is 0.118. The number of ketones is 3. The van der Waals surface area contributed by atoms with E-state index in [4.69, 9.17) is 4.74 Å². The van der Waals surface area contributed by atoms with Gasteiger partial charge in [-0.3, -0.25) is 14.4 Å². The highest BCUT2D eigenvalue weighted by atomic mass is 16.5. The second-order valence-corrected chi connectivity index (χ2v) is 6.10. The Morgan fingerprint density at radius 3 is 2.04 bits per heavy atom. The van der Waals surface area contributed by atoms with Crippen LogP contribution in [0.2, 0.25) is 0 Å². The van der Waals surface area contributed by atoms with Gasteiger partial charge in [-0.25, -0.2) is 4.99 Å². The van der Waals surface area contributed by atoms with Gasteiger partial charge in [-0.2, -0.15) is 0 Å². The van der Waals surface area contributed by atoms with E-state index in [0.717, 1.165) is 5.56 Å². The molecule has 5 nitrogen and oxygen atoms in total. The third-order valence-electron chi connectivity index (χ3n) is 4.08. The van der Waals surface area contributed by atoms with Crippen molar-refractivity contribution in [2.75, 3.05) is 0 Å². The highest BCUT2D eigenvalue weighted by Crippen LogP contribution is 2.47. The van der Waals surface area contributed by atoms with Gasteiger partial charge in [0.15, 0.2) is 17.3 Å². The summed E-state index contributed by atoms with van der Waals surface area (Å²) < 4.78 is 5.89. The van der Waals surface area contributed by atoms with Crippen LogP contribution in [0.25, 0.3) is 0 Å². The monoisotopic (exact) mass is 327 g/mol. The summed E-state index contributed by atoms with van der Waals surface area (Å²) in [5.41, 5.74) is -0.0220. The molecule has 0 saturated carbocycles. The van der Waals surface area contributed by atoms with E-state index in [1.54, 1.807) is 13.8 Å². The van der Waals surface area contributed by atoms with Gasteiger partial charge in [0.2, 0.25) is 5.72 Å². The molecule has 0 saturated heterocycles. The van der Waals surface area contributed by atoms with Crippen LogP contribution in [0.3, 0.4) is 0 Å². The quantitative estimate of drug-likeness (QED) is 0.615. The molecule has 1 aromatic carbocycles. The van der Waals surface area contributed by atoms with E-state index in [2.05, 4.69) is 4.99 Å². The van der Waals surface area contributed by atoms with Gasteiger partial charge in [-0.05, 0) is 26.3 Å². The fourth-order valence-corrected chi connectivity index (χ4v) is 3.18. The fourth-order valence-electron chi connectivity index (χ4n) is 3.18. The van der Waals surface area contributed by atoms with Crippen molar-refractivity contribution in [1.82, 2.24) is 0 Å². The number of hydrogen-bond acceptors (Lipinski definition) is 5. The highest BCUT2D eigenvalue weighted by molar-refractivity contribution is 6.65. The zero-order chi connectivity index (χ0) is 18.1. The number of rotatable bonds is 5. The first-order valence-electron chi connectivity index (χ1n) is 7.74. The molecular weight excluding hydrogens is 306 g/mol. The number of benzene rings is 1. The zero-order valence-corrected chi connectivity index (χ0v) is 14.5. The number of hydrogen-bond donors (Lipinski definition) is 0. The Morgan fingerprint density at radius 1 is 1.04 bits per heavy atom. The third kappa shape index (κ3) is 3.20. The molecule has 2 atom stereocenters. The van der Waals surface area contributed by atoms with Crippen molar-refractivity contribution in [2.24, 2.45) is 4.99 Å². The van der Waals surface area contributed by atoms with Gasteiger partial charge in [-0.15, -0.1) is 0 Å². The summed E-state index contributed by atoms with van der Waals surface area (Å²) in [4.78, 5) is 40.0. The van der Waals surface area contributed by atoms with Crippen molar-refractivity contribution in [3.63, 3.8) is 0 Å². The second kappa shape index (κ2) is 6.51. The Morgan fingerprint density at radius 2 is 1.58 bits per heavy atom. The van der Waals surface area contributed by atoms with Crippen molar-refractivity contribution in [2.45, 2.75) is 46.3 Å². The summed E-state index contributed by atoms with van der Waals surface area (Å²) in [5.74, 6) is -0.979. The van der Waals surface area contributed by atoms with Gasteiger partial charge < -0.3 is 4.74 Å². The van der Waals surface area contributed by atoms with Gasteiger partial charge in [0.25, 0.3) is 0 Å². The van der Waals surface area contributed by atoms with E-state index in [1.807, 2.05) is 30.3 Å². The van der Waals surface area contributed by atoms with E-state index in [-0.39, 0.29) is 11.5 Å². The van der Waals surface area contributed by atoms with Crippen LogP contribution in [-0.4, -0.2) is 28.8 Å². The number of carbonyl (C=O) groups excluding carboxylic acids is 3. The van der Waals surface area contributed by atoms with Crippen LogP contribution in [0.15, 0.2) is 46.7 Å². The predicted octanol–water partition coefficient (Wildman–Crippen LogP) is 3.00. The molecule has 1 aliphatic rings. The summed E-state index contributed by atoms with van der Waals surface area (Å²) in [5, 5.41) is 0. The highest BCUT2D eigenvalue weighted by Gasteiger charge is 2.48. The van der Waals surface area contributed by atoms with Crippen molar-refractivity contribution >= 4 is 23.1 Å². The second-order valence-electron chi connectivity index (χ2n) is 6.10. The van der Waals surface area contributed by atoms with E-state index in [1.165, 1.54) is 20.8 Å². The molecule has 5 heteroatoms. The SMILES string of the molecule is CC(=O)C(=NC1(C)OC(C)=C(C(C)=O)C1c1ccccc1)C(C)=O. The molecule has 0 amide bonds. The summed E-state index contributed by atoms with van der Waals surface area (Å²) in [6.07, 6.45) is 0. The van der Waals surface area contributed by atoms with E-state index in [0.29, 0.717) is 11.3 Å². The van der Waals surface area contributed by atoms with Crippen molar-refractivity contribution in [1.29, 1.82) is 0 Å². The number of ether oxygens (including phenoxy) is 1. The molecule has 2 unspecified atom stereocenters. The topological polar surface area (TPSA) is 72.8 Å². The lowest BCUT2D eigenvalue weighted by molar-refractivity contribution is -0.115. The van der Waals surface area contributed by atoms with Gasteiger partial charge in [0.1, 0.15) is 11.5 Å². The van der Waals surface area contributed by atoms with E-state index >= 15 is 0 Å². The fraction of sp³-hybridized carbons (Fsp3) is 0.368. The lowest BCUT2D eigenvalue weighted by Gasteiger charge is -2.29. The Bertz CT molecular complexity index is 745. The average Bonchev–Trinajstić information content (AvgIpc) is 2.76. The first-order chi connectivity index (χ1) is 11.2. The summed E-state index contributed by atoms with van der Waals surface area (Å²) >= 11 is 0. The standard InChI is InChI=1S/C19H21NO4/c1-11(21)16-14(4)24-19(5,20-18(12(2)22)13(3)23)17(16)15-9-7-6-8-10-15/h6-10,17H,1-5H3. The Balaban J connectivity index is 2.65. The number of aliphatic imine (C=N–C) groups is 1. The Kier molecular flexibility index (Phi) is 4.83. The van der Waals surface area contributed by atoms with E-state index < -0.39 is 23.2 Å². The van der Waals surface area contributed by atoms with Crippen molar-refractivity contribution in [3.05, 3.63) is 47.2 Å². The molecular formula is C19H21NO4. The molecule has 126 valence electrons. The molecule has 1 aromatic rings. The molecule has 0 aliphatic carbocycles. The lowest BCUT2D eigenvalue weighted by Crippen LogP contribution is -2.35. The summed E-state index contributed by atoms with van der Waals surface area (Å²) in [6.45, 7) is 7.46. The summed E-state index contributed by atoms with van der Waals surface area (Å²) in [7, 11) is 0. The van der Waals surface area contributed by atoms with Gasteiger partial charge in [-0.1, -0.05) is 30.3 Å². The minimum Gasteiger partial charge on any atom is -0.470 e. The van der Waals surface area contributed by atoms with Gasteiger partial charge in [0.05, 0.1) is 5.92 Å². The molecule has 0 spiro atoms. The lowest BCUT2D eigenvalue weighted by atomic mass is 9.83. The number of nitrogens with zero attached hydrogens (tertiary/aromatic N) is 1. The van der Waals surface area contributed by atoms with Crippen LogP contribution >= 0.6 is 0 Å². The largest absolute Gasteiger partial charge is 0.470 e. The molecule has 1 heterocycles. The minimum atomic E-state index is -1.22. The van der Waals surface area contributed by atoms with Crippen LogP contribution in [0.1, 0.15) is 46.1 Å². The van der Waals surface area contributed by atoms with Crippen molar-refractivity contribution in [3.8, 4) is 0 Å². The van der Waals surface area contributed by atoms with Gasteiger partial charge in [0, 0.05) is 19.4 Å². The first kappa shape index (κ1) is 17.8. The predicted molar refractivity (Wildman–Crippen MR) is 90.9 cm³/mol. The Hall–Kier alpha value is -2.56. The maximum atomic E-state index is 12.2. The average molecular weight is 327 g/mol. The van der Waals surface area contributed by atoms with Crippen LogP contribution in [0.5, 0.6) is 0 Å². The molecule has 0 N–H and O–H groups in total. The van der Waals surface area contributed by atoms with Crippen LogP contribution in [0.4, 0.5) is 0 Å². The molecule has 0 bridgehead atoms. The normalized spacial score (nSPS) is 22.8. The van der Waals surface area contributed by atoms with Crippen molar-refractivity contribution < 1.29 is 19.1 Å². The first-order valence-corrected chi connectivity index (χ1v) is 7.74. The smallest absolute Gasteiger partial charge is 0.208 e. The van der Waals surface area contributed by atoms with Gasteiger partial charge >= 0.3 is 0 Å². The number of allylic oxidation sites excluding steroid dienone is 1. The Labute approximate surface area is 141 Å². The maximum absolute atomic E-state index is 12.2. The zero-order valence-electron chi connectivity index (χ0n) is 14.5. The molecule has 0 fully saturated rings. The van der Waals surface area contributed by atoms with Crippen LogP contribution in [0, 0.1) is 0 Å². The third-order valence-corrected chi connectivity index (χ3v) is 4.08. The van der Waals surface area contributed by atoms with E-state index in [9.17, 15) is 14.4 Å². The summed E-state index contributed by atoms with van der Waals surface area (Å²) in [6, 6.07) is 9.36. The number of carbonyl (C=O) groups is 3. The van der Waals surface area contributed by atoms with Crippen LogP contribution < -0.4 is 0 Å².